The fourth-order valence-electron chi connectivity index (χ4n) is 4.01. The van der Waals surface area contributed by atoms with Crippen molar-refractivity contribution in [2.45, 2.75) is 4.90 Å². The van der Waals surface area contributed by atoms with Gasteiger partial charge in [0.2, 0.25) is 5.91 Å². The highest BCUT2D eigenvalue weighted by molar-refractivity contribution is 8.00. The molecule has 0 fully saturated rings. The van der Waals surface area contributed by atoms with Gasteiger partial charge in [0.15, 0.2) is 5.13 Å². The molecule has 222 valence electrons. The Morgan fingerprint density at radius 3 is 2.41 bits per heavy atom. The van der Waals surface area contributed by atoms with Gasteiger partial charge < -0.3 is 20.9 Å². The zero-order valence-electron chi connectivity index (χ0n) is 23.9. The summed E-state index contributed by atoms with van der Waals surface area (Å²) in [5.41, 5.74) is 3.68. The number of thiophene rings is 1. The van der Waals surface area contributed by atoms with Crippen LogP contribution >= 0.6 is 34.4 Å². The van der Waals surface area contributed by atoms with Crippen molar-refractivity contribution in [3.8, 4) is 10.6 Å². The predicted octanol–water partition coefficient (Wildman–Crippen LogP) is 7.08. The van der Waals surface area contributed by atoms with Crippen LogP contribution in [0.4, 0.5) is 16.5 Å². The third-order valence-corrected chi connectivity index (χ3v) is 8.88. The van der Waals surface area contributed by atoms with E-state index in [1.165, 1.54) is 23.1 Å². The molecule has 5 rings (SSSR count). The summed E-state index contributed by atoms with van der Waals surface area (Å²) in [6.45, 7) is 0. The van der Waals surface area contributed by atoms with E-state index in [1.807, 2.05) is 78.3 Å². The number of amides is 3. The second kappa shape index (κ2) is 14.6. The lowest BCUT2D eigenvalue weighted by Crippen LogP contribution is -2.30. The number of rotatable bonds is 11. The molecule has 0 aliphatic heterocycles. The molecule has 0 aliphatic rings. The van der Waals surface area contributed by atoms with E-state index in [0.29, 0.717) is 16.4 Å². The van der Waals surface area contributed by atoms with Gasteiger partial charge in [-0.2, -0.15) is 0 Å². The van der Waals surface area contributed by atoms with Crippen molar-refractivity contribution in [2.75, 3.05) is 35.4 Å². The van der Waals surface area contributed by atoms with Gasteiger partial charge in [-0.3, -0.25) is 14.4 Å². The molecule has 11 heteroatoms. The first-order chi connectivity index (χ1) is 21.3. The van der Waals surface area contributed by atoms with Gasteiger partial charge in [0.1, 0.15) is 5.70 Å². The van der Waals surface area contributed by atoms with Crippen molar-refractivity contribution < 1.29 is 14.4 Å². The van der Waals surface area contributed by atoms with E-state index < -0.39 is 11.8 Å². The maximum absolute atomic E-state index is 13.4. The number of thioether (sulfide) groups is 1. The van der Waals surface area contributed by atoms with Crippen molar-refractivity contribution in [1.29, 1.82) is 0 Å². The molecule has 0 unspecified atom stereocenters. The number of aromatic nitrogens is 1. The molecule has 0 spiro atoms. The van der Waals surface area contributed by atoms with Gasteiger partial charge >= 0.3 is 0 Å². The topological polar surface area (TPSA) is 103 Å². The Balaban J connectivity index is 1.24. The Morgan fingerprint density at radius 2 is 1.68 bits per heavy atom. The highest BCUT2D eigenvalue weighted by Crippen LogP contribution is 2.29. The largest absolute Gasteiger partial charge is 0.378 e. The molecule has 44 heavy (non-hydrogen) atoms. The third kappa shape index (κ3) is 8.44. The minimum Gasteiger partial charge on any atom is -0.378 e. The maximum atomic E-state index is 13.4. The van der Waals surface area contributed by atoms with Gasteiger partial charge in [0, 0.05) is 41.3 Å². The molecule has 3 aromatic carbocycles. The minimum absolute atomic E-state index is 0.0965. The fraction of sp³-hybridized carbons (Fsp3) is 0.0909. The molecular formula is C33H29N5O3S3. The highest BCUT2D eigenvalue weighted by Gasteiger charge is 2.16. The zero-order chi connectivity index (χ0) is 30.9. The smallest absolute Gasteiger partial charge is 0.272 e. The van der Waals surface area contributed by atoms with Crippen LogP contribution in [0.2, 0.25) is 0 Å². The van der Waals surface area contributed by atoms with Gasteiger partial charge in [-0.25, -0.2) is 4.98 Å². The van der Waals surface area contributed by atoms with E-state index >= 15 is 0 Å². The van der Waals surface area contributed by atoms with Crippen LogP contribution in [0.3, 0.4) is 0 Å². The van der Waals surface area contributed by atoms with Gasteiger partial charge in [0.25, 0.3) is 11.8 Å². The lowest BCUT2D eigenvalue weighted by molar-refractivity contribution is -0.114. The molecule has 0 bridgehead atoms. The molecule has 5 aromatic rings. The quantitative estimate of drug-likeness (QED) is 0.105. The minimum atomic E-state index is -0.476. The number of carbonyl (C=O) groups is 3. The maximum Gasteiger partial charge on any atom is 0.272 e. The molecule has 0 saturated carbocycles. The molecule has 0 aliphatic carbocycles. The van der Waals surface area contributed by atoms with E-state index in [4.69, 9.17) is 0 Å². The zero-order valence-corrected chi connectivity index (χ0v) is 26.4. The van der Waals surface area contributed by atoms with Gasteiger partial charge in [-0.05, 0) is 65.6 Å². The summed E-state index contributed by atoms with van der Waals surface area (Å²) >= 11 is 4.33. The Morgan fingerprint density at radius 1 is 0.886 bits per heavy atom. The molecule has 2 heterocycles. The third-order valence-electron chi connectivity index (χ3n) is 6.24. The first-order valence-corrected chi connectivity index (χ1v) is 16.3. The van der Waals surface area contributed by atoms with Crippen molar-refractivity contribution in [1.82, 2.24) is 10.3 Å². The second-order valence-electron chi connectivity index (χ2n) is 9.70. The van der Waals surface area contributed by atoms with Crippen LogP contribution in [0.25, 0.3) is 16.6 Å². The van der Waals surface area contributed by atoms with Gasteiger partial charge in [-0.1, -0.05) is 42.5 Å². The van der Waals surface area contributed by atoms with E-state index in [-0.39, 0.29) is 17.4 Å². The molecule has 3 amide bonds. The number of hydrogen-bond acceptors (Lipinski definition) is 8. The van der Waals surface area contributed by atoms with E-state index in [2.05, 4.69) is 20.9 Å². The first kappa shape index (κ1) is 30.7. The Labute approximate surface area is 267 Å². The Hall–Kier alpha value is -4.71. The fourth-order valence-corrected chi connectivity index (χ4v) is 6.26. The summed E-state index contributed by atoms with van der Waals surface area (Å²) in [6, 6.07) is 27.5. The second-order valence-corrected chi connectivity index (χ2v) is 12.6. The number of benzene rings is 3. The molecule has 0 radical (unpaired) electrons. The normalized spacial score (nSPS) is 11.1. The first-order valence-electron chi connectivity index (χ1n) is 13.5. The summed E-state index contributed by atoms with van der Waals surface area (Å²) in [6.07, 6.45) is 1.64. The number of nitrogens with zero attached hydrogens (tertiary/aromatic N) is 2. The molecule has 3 N–H and O–H groups in total. The lowest BCUT2D eigenvalue weighted by Gasteiger charge is -2.14. The van der Waals surface area contributed by atoms with Gasteiger partial charge in [0.05, 0.1) is 16.3 Å². The van der Waals surface area contributed by atoms with E-state index in [0.717, 1.165) is 26.7 Å². The Kier molecular flexibility index (Phi) is 10.2. The molecule has 0 atom stereocenters. The molecular weight excluding hydrogens is 611 g/mol. The van der Waals surface area contributed by atoms with Crippen LogP contribution in [0.15, 0.2) is 112 Å². The standard InChI is InChI=1S/C33H29N5O3S3/c1-38(2)25-15-13-22(14-16-25)18-27(35-31(40)23-8-4-3-5-9-23)32(41)34-24-10-6-11-26(19-24)43-21-30(39)37-33-36-28(20-44-33)29-12-7-17-42-29/h3-20H,21H2,1-2H3,(H,34,41)(H,35,40)(H,36,37,39)/b27-18+. The number of carbonyl (C=O) groups excluding carboxylic acids is 3. The van der Waals surface area contributed by atoms with Crippen molar-refractivity contribution in [3.05, 3.63) is 119 Å². The SMILES string of the molecule is CN(C)c1ccc(/C=C(/NC(=O)c2ccccc2)C(=O)Nc2cccc(SCC(=O)Nc3nc(-c4cccs4)cs3)c2)cc1. The summed E-state index contributed by atoms with van der Waals surface area (Å²) in [7, 11) is 3.90. The van der Waals surface area contributed by atoms with Gasteiger partial charge in [-0.15, -0.1) is 34.4 Å². The van der Waals surface area contributed by atoms with Crippen molar-refractivity contribution in [2.24, 2.45) is 0 Å². The number of thiazole rings is 1. The van der Waals surface area contributed by atoms with Crippen molar-refractivity contribution >= 4 is 74.7 Å². The summed E-state index contributed by atoms with van der Waals surface area (Å²) < 4.78 is 0. The van der Waals surface area contributed by atoms with Crippen LogP contribution in [0, 0.1) is 0 Å². The van der Waals surface area contributed by atoms with Crippen LogP contribution in [0.1, 0.15) is 15.9 Å². The number of hydrogen-bond donors (Lipinski definition) is 3. The average molecular weight is 640 g/mol. The van der Waals surface area contributed by atoms with E-state index in [9.17, 15) is 14.4 Å². The highest BCUT2D eigenvalue weighted by atomic mass is 32.2. The van der Waals surface area contributed by atoms with Crippen LogP contribution in [-0.2, 0) is 9.59 Å². The number of anilines is 3. The summed E-state index contributed by atoms with van der Waals surface area (Å²) in [5, 5.41) is 13.0. The Bertz CT molecular complexity index is 1770. The summed E-state index contributed by atoms with van der Waals surface area (Å²) in [4.78, 5) is 47.3. The van der Waals surface area contributed by atoms with Crippen LogP contribution < -0.4 is 20.9 Å². The summed E-state index contributed by atoms with van der Waals surface area (Å²) in [5.74, 6) is -0.871. The monoisotopic (exact) mass is 639 g/mol. The lowest BCUT2D eigenvalue weighted by atomic mass is 10.1. The number of nitrogens with one attached hydrogen (secondary N) is 3. The molecule has 0 saturated heterocycles. The van der Waals surface area contributed by atoms with Crippen LogP contribution in [-0.4, -0.2) is 42.6 Å². The van der Waals surface area contributed by atoms with E-state index in [1.54, 1.807) is 59.9 Å². The molecule has 2 aromatic heterocycles. The van der Waals surface area contributed by atoms with Crippen molar-refractivity contribution in [3.63, 3.8) is 0 Å². The predicted molar refractivity (Wildman–Crippen MR) is 183 cm³/mol. The average Bonchev–Trinajstić information content (AvgIpc) is 3.73. The van der Waals surface area contributed by atoms with Crippen LogP contribution in [0.5, 0.6) is 0 Å². The molecule has 8 nitrogen and oxygen atoms in total.